The number of hydrogen-bond donors (Lipinski definition) is 3. The summed E-state index contributed by atoms with van der Waals surface area (Å²) in [6.07, 6.45) is 7.59. The van der Waals surface area contributed by atoms with E-state index in [0.717, 1.165) is 62.4 Å². The van der Waals surface area contributed by atoms with Crippen LogP contribution in [0.25, 0.3) is 0 Å². The van der Waals surface area contributed by atoms with Gasteiger partial charge in [-0.15, -0.1) is 0 Å². The van der Waals surface area contributed by atoms with E-state index in [-0.39, 0.29) is 6.10 Å². The predicted molar refractivity (Wildman–Crippen MR) is 136 cm³/mol. The summed E-state index contributed by atoms with van der Waals surface area (Å²) in [7, 11) is 1.71. The molecule has 0 bridgehead atoms. The van der Waals surface area contributed by atoms with Crippen molar-refractivity contribution in [3.8, 4) is 0 Å². The molecule has 0 aromatic carbocycles. The highest BCUT2D eigenvalue weighted by Crippen LogP contribution is 2.20. The van der Waals surface area contributed by atoms with Gasteiger partial charge in [0.15, 0.2) is 0 Å². The first-order chi connectivity index (χ1) is 16.4. The summed E-state index contributed by atoms with van der Waals surface area (Å²) in [5, 5.41) is 16.2. The van der Waals surface area contributed by atoms with Crippen molar-refractivity contribution in [2.75, 3.05) is 43.9 Å². The number of ether oxygens (including phenoxy) is 1. The third kappa shape index (κ3) is 8.25. The van der Waals surface area contributed by atoms with Crippen LogP contribution in [0.2, 0.25) is 0 Å². The van der Waals surface area contributed by atoms with Gasteiger partial charge in [0.05, 0.1) is 6.10 Å². The first kappa shape index (κ1) is 25.9. The number of carbonyl (C=O) groups is 1. The Morgan fingerprint density at radius 2 is 2.12 bits per heavy atom. The molecule has 2 aromatic heterocycles. The Labute approximate surface area is 203 Å². The van der Waals surface area contributed by atoms with Crippen LogP contribution in [0.15, 0.2) is 30.5 Å². The summed E-state index contributed by atoms with van der Waals surface area (Å²) in [6, 6.07) is 7.41. The molecule has 1 aliphatic heterocycles. The second-order valence-electron chi connectivity index (χ2n) is 9.19. The van der Waals surface area contributed by atoms with Crippen LogP contribution in [-0.2, 0) is 22.4 Å². The number of nitrogens with zero attached hydrogens (tertiary/aromatic N) is 3. The number of fused-ring (bicyclic) bond motifs is 1. The van der Waals surface area contributed by atoms with Gasteiger partial charge in [0, 0.05) is 38.6 Å². The van der Waals surface area contributed by atoms with Gasteiger partial charge >= 0.3 is 5.97 Å². The first-order valence-corrected chi connectivity index (χ1v) is 12.3. The smallest absolute Gasteiger partial charge is 0.326 e. The minimum absolute atomic E-state index is 0.0865. The highest BCUT2D eigenvalue weighted by molar-refractivity contribution is 5.76. The van der Waals surface area contributed by atoms with Gasteiger partial charge < -0.3 is 25.4 Å². The number of aryl methyl sites for hydroxylation is 3. The lowest BCUT2D eigenvalue weighted by Gasteiger charge is -2.26. The van der Waals surface area contributed by atoms with Gasteiger partial charge in [0.25, 0.3) is 0 Å². The molecule has 2 atom stereocenters. The summed E-state index contributed by atoms with van der Waals surface area (Å²) >= 11 is 0. The maximum absolute atomic E-state index is 11.8. The number of carboxylic acids is 1. The van der Waals surface area contributed by atoms with Crippen molar-refractivity contribution in [2.45, 2.75) is 64.5 Å². The Kier molecular flexibility index (Phi) is 10.1. The molecule has 0 aliphatic carbocycles. The Balaban J connectivity index is 1.49. The normalized spacial score (nSPS) is 14.8. The lowest BCUT2D eigenvalue weighted by atomic mass is 10.1. The third-order valence-electron chi connectivity index (χ3n) is 6.29. The largest absolute Gasteiger partial charge is 0.480 e. The summed E-state index contributed by atoms with van der Waals surface area (Å²) in [5.41, 5.74) is 3.49. The van der Waals surface area contributed by atoms with E-state index in [9.17, 15) is 9.90 Å². The van der Waals surface area contributed by atoms with Crippen molar-refractivity contribution in [3.05, 3.63) is 47.3 Å². The lowest BCUT2D eigenvalue weighted by Crippen LogP contribution is -2.38. The number of aromatic nitrogens is 2. The number of hydrogen-bond acceptors (Lipinski definition) is 7. The molecule has 3 heterocycles. The van der Waals surface area contributed by atoms with Crippen molar-refractivity contribution in [2.24, 2.45) is 0 Å². The zero-order valence-electron chi connectivity index (χ0n) is 20.7. The van der Waals surface area contributed by atoms with E-state index in [1.165, 1.54) is 12.0 Å². The maximum Gasteiger partial charge on any atom is 0.326 e. The van der Waals surface area contributed by atoms with Crippen LogP contribution in [0, 0.1) is 6.92 Å². The summed E-state index contributed by atoms with van der Waals surface area (Å²) < 4.78 is 5.47. The summed E-state index contributed by atoms with van der Waals surface area (Å²) in [4.78, 5) is 23.2. The molecule has 1 aliphatic rings. The molecular weight excluding hydrogens is 430 g/mol. The molecule has 3 N–H and O–H groups in total. The molecule has 8 heteroatoms. The Bertz CT molecular complexity index is 906. The van der Waals surface area contributed by atoms with E-state index >= 15 is 0 Å². The van der Waals surface area contributed by atoms with Gasteiger partial charge in [-0.25, -0.2) is 14.8 Å². The van der Waals surface area contributed by atoms with Gasteiger partial charge in [0.1, 0.15) is 17.7 Å². The molecule has 3 rings (SSSR count). The molecule has 0 spiro atoms. The van der Waals surface area contributed by atoms with Crippen LogP contribution in [0.3, 0.4) is 0 Å². The van der Waals surface area contributed by atoms with Gasteiger partial charge in [-0.3, -0.25) is 0 Å². The maximum atomic E-state index is 11.8. The van der Waals surface area contributed by atoms with Crippen LogP contribution in [0.1, 0.15) is 49.4 Å². The zero-order valence-corrected chi connectivity index (χ0v) is 20.7. The second kappa shape index (κ2) is 13.2. The molecular formula is C26H39N5O3. The molecule has 2 unspecified atom stereocenters. The van der Waals surface area contributed by atoms with Crippen LogP contribution in [0.5, 0.6) is 0 Å². The number of rotatable bonds is 14. The van der Waals surface area contributed by atoms with Gasteiger partial charge in [-0.1, -0.05) is 12.1 Å². The number of nitrogens with one attached hydrogen (secondary N) is 2. The fraction of sp³-hybridized carbons (Fsp3) is 0.577. The van der Waals surface area contributed by atoms with Crippen molar-refractivity contribution >= 4 is 17.6 Å². The summed E-state index contributed by atoms with van der Waals surface area (Å²) in [6.45, 7) is 7.34. The minimum Gasteiger partial charge on any atom is -0.480 e. The van der Waals surface area contributed by atoms with Gasteiger partial charge in [0.2, 0.25) is 0 Å². The average molecular weight is 470 g/mol. The molecule has 0 amide bonds. The fourth-order valence-electron chi connectivity index (χ4n) is 4.18. The molecule has 34 heavy (non-hydrogen) atoms. The standard InChI is InChI=1S/C26H39N5O3/c1-19-9-12-24(28-17-19)30-23(26(32)33)13-16-31(18-20(2)34-3)15-5-4-8-22-11-10-21-7-6-14-27-25(21)29-22/h9-12,17,20,23H,4-8,13-16,18H2,1-3H3,(H,27,29)(H,28,30)(H,32,33). The minimum atomic E-state index is -0.866. The van der Waals surface area contributed by atoms with E-state index in [2.05, 4.69) is 32.7 Å². The molecule has 2 aromatic rings. The zero-order chi connectivity index (χ0) is 24.3. The van der Waals surface area contributed by atoms with Crippen LogP contribution < -0.4 is 10.6 Å². The monoisotopic (exact) mass is 469 g/mol. The number of methoxy groups -OCH3 is 1. The van der Waals surface area contributed by atoms with E-state index < -0.39 is 12.0 Å². The number of anilines is 2. The van der Waals surface area contributed by atoms with Crippen molar-refractivity contribution in [1.29, 1.82) is 0 Å². The van der Waals surface area contributed by atoms with Crippen LogP contribution in [0.4, 0.5) is 11.6 Å². The Morgan fingerprint density at radius 1 is 1.26 bits per heavy atom. The van der Waals surface area contributed by atoms with E-state index in [1.807, 2.05) is 26.0 Å². The van der Waals surface area contributed by atoms with Crippen LogP contribution in [-0.4, -0.2) is 71.4 Å². The van der Waals surface area contributed by atoms with Crippen LogP contribution >= 0.6 is 0 Å². The molecule has 0 saturated carbocycles. The van der Waals surface area contributed by atoms with E-state index in [4.69, 9.17) is 9.72 Å². The van der Waals surface area contributed by atoms with Gasteiger partial charge in [-0.05, 0) is 82.2 Å². The average Bonchev–Trinajstić information content (AvgIpc) is 2.84. The number of carboxylic acid groups (broad SMARTS) is 1. The Hall–Kier alpha value is -2.71. The molecule has 0 radical (unpaired) electrons. The first-order valence-electron chi connectivity index (χ1n) is 12.3. The second-order valence-corrected chi connectivity index (χ2v) is 9.19. The predicted octanol–water partition coefficient (Wildman–Crippen LogP) is 3.76. The summed E-state index contributed by atoms with van der Waals surface area (Å²) in [5.74, 6) is 0.769. The van der Waals surface area contributed by atoms with Crippen molar-refractivity contribution < 1.29 is 14.6 Å². The molecule has 186 valence electrons. The SMILES string of the molecule is COC(C)CN(CCCCc1ccc2c(n1)NCCC2)CCC(Nc1ccc(C)cn1)C(=O)O. The third-order valence-corrected chi connectivity index (χ3v) is 6.29. The molecule has 8 nitrogen and oxygen atoms in total. The topological polar surface area (TPSA) is 99.6 Å². The van der Waals surface area contributed by atoms with E-state index in [0.29, 0.717) is 18.8 Å². The highest BCUT2D eigenvalue weighted by atomic mass is 16.5. The van der Waals surface area contributed by atoms with Crippen molar-refractivity contribution in [1.82, 2.24) is 14.9 Å². The highest BCUT2D eigenvalue weighted by Gasteiger charge is 2.20. The quantitative estimate of drug-likeness (QED) is 0.360. The molecule has 0 saturated heterocycles. The number of unbranched alkanes of at least 4 members (excludes halogenated alkanes) is 1. The Morgan fingerprint density at radius 3 is 2.85 bits per heavy atom. The molecule has 0 fully saturated rings. The number of aliphatic carboxylic acids is 1. The fourth-order valence-corrected chi connectivity index (χ4v) is 4.18. The van der Waals surface area contributed by atoms with E-state index in [1.54, 1.807) is 13.3 Å². The number of pyridine rings is 2. The van der Waals surface area contributed by atoms with Crippen molar-refractivity contribution in [3.63, 3.8) is 0 Å². The van der Waals surface area contributed by atoms with Gasteiger partial charge in [-0.2, -0.15) is 0 Å². The lowest BCUT2D eigenvalue weighted by molar-refractivity contribution is -0.138.